The first-order valence-corrected chi connectivity index (χ1v) is 5.08. The van der Waals surface area contributed by atoms with Crippen LogP contribution in [0.1, 0.15) is 5.56 Å². The van der Waals surface area contributed by atoms with Crippen molar-refractivity contribution in [1.29, 1.82) is 0 Å². The Labute approximate surface area is 104 Å². The normalized spacial score (nSPS) is 11.8. The molecule has 8 heteroatoms. The first-order chi connectivity index (χ1) is 8.29. The molecule has 0 spiro atoms. The molecule has 4 nitrogen and oxygen atoms in total. The van der Waals surface area contributed by atoms with E-state index in [-0.39, 0.29) is 22.1 Å². The minimum Gasteiger partial charge on any atom is -0.506 e. The van der Waals surface area contributed by atoms with E-state index in [4.69, 9.17) is 17.3 Å². The number of aromatic amines is 1. The monoisotopic (exact) mass is 277 g/mol. The molecule has 0 saturated heterocycles. The van der Waals surface area contributed by atoms with Crippen LogP contribution < -0.4 is 5.73 Å². The first kappa shape index (κ1) is 12.6. The number of nitrogens with one attached hydrogen (secondary N) is 1. The maximum Gasteiger partial charge on any atom is 0.417 e. The Balaban J connectivity index is 2.69. The number of rotatable bonds is 1. The lowest BCUT2D eigenvalue weighted by atomic mass is 10.0. The Morgan fingerprint density at radius 2 is 1.94 bits per heavy atom. The van der Waals surface area contributed by atoms with E-state index in [1.165, 1.54) is 6.07 Å². The SMILES string of the molecule is Nc1cc(-c2cc(Cl)c(O)cc2C(F)(F)F)[nH]n1. The van der Waals surface area contributed by atoms with Crippen molar-refractivity contribution in [3.05, 3.63) is 28.8 Å². The molecule has 0 aliphatic carbocycles. The summed E-state index contributed by atoms with van der Waals surface area (Å²) in [6, 6.07) is 2.82. The predicted molar refractivity (Wildman–Crippen MR) is 60.1 cm³/mol. The van der Waals surface area contributed by atoms with E-state index in [1.807, 2.05) is 0 Å². The van der Waals surface area contributed by atoms with Crippen LogP contribution in [-0.4, -0.2) is 15.3 Å². The van der Waals surface area contributed by atoms with Gasteiger partial charge in [-0.25, -0.2) is 0 Å². The summed E-state index contributed by atoms with van der Waals surface area (Å²) in [5, 5.41) is 15.0. The highest BCUT2D eigenvalue weighted by Crippen LogP contribution is 2.41. The summed E-state index contributed by atoms with van der Waals surface area (Å²) < 4.78 is 38.5. The lowest BCUT2D eigenvalue weighted by Crippen LogP contribution is -2.07. The quantitative estimate of drug-likeness (QED) is 0.750. The van der Waals surface area contributed by atoms with Crippen molar-refractivity contribution in [2.75, 3.05) is 5.73 Å². The van der Waals surface area contributed by atoms with Gasteiger partial charge in [-0.1, -0.05) is 11.6 Å². The van der Waals surface area contributed by atoms with Gasteiger partial charge in [0.25, 0.3) is 0 Å². The van der Waals surface area contributed by atoms with Crippen LogP contribution in [0.4, 0.5) is 19.0 Å². The molecule has 0 aliphatic rings. The van der Waals surface area contributed by atoms with Crippen molar-refractivity contribution < 1.29 is 18.3 Å². The third kappa shape index (κ3) is 2.21. The molecule has 0 aliphatic heterocycles. The maximum atomic E-state index is 12.8. The molecule has 2 rings (SSSR count). The third-order valence-electron chi connectivity index (χ3n) is 2.28. The Hall–Kier alpha value is -1.89. The van der Waals surface area contributed by atoms with Crippen LogP contribution in [0.2, 0.25) is 5.02 Å². The summed E-state index contributed by atoms with van der Waals surface area (Å²) in [5.74, 6) is -0.581. The lowest BCUT2D eigenvalue weighted by Gasteiger charge is -2.12. The van der Waals surface area contributed by atoms with Gasteiger partial charge in [-0.2, -0.15) is 18.3 Å². The molecule has 96 valence electrons. The van der Waals surface area contributed by atoms with Gasteiger partial charge >= 0.3 is 6.18 Å². The highest BCUT2D eigenvalue weighted by molar-refractivity contribution is 6.32. The number of nitrogens with two attached hydrogens (primary N) is 1. The Morgan fingerprint density at radius 1 is 1.28 bits per heavy atom. The van der Waals surface area contributed by atoms with E-state index in [0.29, 0.717) is 6.07 Å². The molecule has 0 bridgehead atoms. The van der Waals surface area contributed by atoms with Crippen molar-refractivity contribution >= 4 is 17.4 Å². The van der Waals surface area contributed by atoms with E-state index in [1.54, 1.807) is 0 Å². The average Bonchev–Trinajstić information content (AvgIpc) is 2.67. The maximum absolute atomic E-state index is 12.8. The third-order valence-corrected chi connectivity index (χ3v) is 2.58. The van der Waals surface area contributed by atoms with Crippen LogP contribution in [0, 0.1) is 0 Å². The summed E-state index contributed by atoms with van der Waals surface area (Å²) in [6.45, 7) is 0. The van der Waals surface area contributed by atoms with Crippen LogP contribution >= 0.6 is 11.6 Å². The number of H-pyrrole nitrogens is 1. The fourth-order valence-corrected chi connectivity index (χ4v) is 1.66. The Kier molecular flexibility index (Phi) is 2.86. The number of nitrogens with zero attached hydrogens (tertiary/aromatic N) is 1. The molecule has 0 unspecified atom stereocenters. The van der Waals surface area contributed by atoms with Crippen molar-refractivity contribution in [3.63, 3.8) is 0 Å². The summed E-state index contributed by atoms with van der Waals surface area (Å²) in [6.07, 6.45) is -4.63. The molecule has 1 aromatic heterocycles. The van der Waals surface area contributed by atoms with E-state index in [2.05, 4.69) is 10.2 Å². The van der Waals surface area contributed by atoms with Crippen molar-refractivity contribution in [1.82, 2.24) is 10.2 Å². The topological polar surface area (TPSA) is 74.9 Å². The minimum atomic E-state index is -4.63. The molecule has 18 heavy (non-hydrogen) atoms. The smallest absolute Gasteiger partial charge is 0.417 e. The molecular weight excluding hydrogens is 271 g/mol. The molecule has 0 atom stereocenters. The van der Waals surface area contributed by atoms with Crippen LogP contribution in [0.3, 0.4) is 0 Å². The minimum absolute atomic E-state index is 0.0577. The molecular formula is C10H7ClF3N3O. The molecule has 1 heterocycles. The van der Waals surface area contributed by atoms with Crippen LogP contribution in [0.25, 0.3) is 11.3 Å². The van der Waals surface area contributed by atoms with Gasteiger partial charge in [-0.15, -0.1) is 0 Å². The number of benzene rings is 1. The van der Waals surface area contributed by atoms with Gasteiger partial charge in [0.05, 0.1) is 16.3 Å². The largest absolute Gasteiger partial charge is 0.506 e. The van der Waals surface area contributed by atoms with Gasteiger partial charge in [0.15, 0.2) is 0 Å². The van der Waals surface area contributed by atoms with Gasteiger partial charge in [-0.3, -0.25) is 5.10 Å². The molecule has 0 saturated carbocycles. The Bertz CT molecular complexity index is 595. The number of phenols is 1. The molecule has 0 fully saturated rings. The number of hydrogen-bond donors (Lipinski definition) is 3. The summed E-state index contributed by atoms with van der Waals surface area (Å²) in [4.78, 5) is 0. The molecule has 0 radical (unpaired) electrons. The molecule has 2 aromatic rings. The standard InChI is InChI=1S/C10H7ClF3N3O/c11-6-1-4(7-3-9(15)17-16-7)5(2-8(6)18)10(12,13)14/h1-3,18H,(H3,15,16,17). The van der Waals surface area contributed by atoms with Crippen LogP contribution in [0.15, 0.2) is 18.2 Å². The number of nitrogen functional groups attached to an aromatic ring is 1. The fourth-order valence-electron chi connectivity index (χ4n) is 1.49. The zero-order chi connectivity index (χ0) is 13.5. The molecule has 4 N–H and O–H groups in total. The summed E-state index contributed by atoms with van der Waals surface area (Å²) in [5.41, 5.74) is 4.16. The average molecular weight is 278 g/mol. The van der Waals surface area contributed by atoms with Gasteiger partial charge in [0.2, 0.25) is 0 Å². The van der Waals surface area contributed by atoms with Crippen LogP contribution in [0.5, 0.6) is 5.75 Å². The second-order valence-electron chi connectivity index (χ2n) is 3.55. The van der Waals surface area contributed by atoms with Gasteiger partial charge in [0.1, 0.15) is 11.6 Å². The van der Waals surface area contributed by atoms with Crippen molar-refractivity contribution in [2.45, 2.75) is 6.18 Å². The van der Waals surface area contributed by atoms with Gasteiger partial charge in [-0.05, 0) is 12.1 Å². The number of aromatic nitrogens is 2. The zero-order valence-electron chi connectivity index (χ0n) is 8.72. The van der Waals surface area contributed by atoms with Gasteiger partial charge < -0.3 is 10.8 Å². The number of alkyl halides is 3. The second kappa shape index (κ2) is 4.09. The fraction of sp³-hybridized carbons (Fsp3) is 0.100. The Morgan fingerprint density at radius 3 is 2.44 bits per heavy atom. The predicted octanol–water partition coefficient (Wildman–Crippen LogP) is 3.04. The number of aromatic hydroxyl groups is 1. The molecule has 0 amide bonds. The van der Waals surface area contributed by atoms with Crippen molar-refractivity contribution in [2.24, 2.45) is 0 Å². The van der Waals surface area contributed by atoms with Crippen LogP contribution in [-0.2, 0) is 6.18 Å². The van der Waals surface area contributed by atoms with E-state index < -0.39 is 17.5 Å². The second-order valence-corrected chi connectivity index (χ2v) is 3.96. The zero-order valence-corrected chi connectivity index (χ0v) is 9.47. The number of anilines is 1. The van der Waals surface area contributed by atoms with E-state index in [9.17, 15) is 18.3 Å². The van der Waals surface area contributed by atoms with Gasteiger partial charge in [0, 0.05) is 11.6 Å². The number of hydrogen-bond acceptors (Lipinski definition) is 3. The lowest BCUT2D eigenvalue weighted by molar-refractivity contribution is -0.137. The summed E-state index contributed by atoms with van der Waals surface area (Å²) >= 11 is 5.61. The molecule has 1 aromatic carbocycles. The summed E-state index contributed by atoms with van der Waals surface area (Å²) in [7, 11) is 0. The first-order valence-electron chi connectivity index (χ1n) is 4.70. The highest BCUT2D eigenvalue weighted by Gasteiger charge is 2.35. The van der Waals surface area contributed by atoms with E-state index >= 15 is 0 Å². The van der Waals surface area contributed by atoms with Crippen molar-refractivity contribution in [3.8, 4) is 17.0 Å². The number of phenolic OH excluding ortho intramolecular Hbond substituents is 1. The highest BCUT2D eigenvalue weighted by atomic mass is 35.5. The van der Waals surface area contributed by atoms with E-state index in [0.717, 1.165) is 6.07 Å². The number of halogens is 4.